The van der Waals surface area contributed by atoms with E-state index in [-0.39, 0.29) is 10.7 Å². The highest BCUT2D eigenvalue weighted by Crippen LogP contribution is 2.31. The summed E-state index contributed by atoms with van der Waals surface area (Å²) in [5.74, 6) is -1.80. The lowest BCUT2D eigenvalue weighted by atomic mass is 10.0. The molecule has 0 atom stereocenters. The lowest BCUT2D eigenvalue weighted by molar-refractivity contribution is 0.102. The summed E-state index contributed by atoms with van der Waals surface area (Å²) in [4.78, 5) is 22.2. The van der Waals surface area contributed by atoms with E-state index in [1.807, 2.05) is 18.2 Å². The van der Waals surface area contributed by atoms with Gasteiger partial charge in [0.15, 0.2) is 5.13 Å². The van der Waals surface area contributed by atoms with Crippen molar-refractivity contribution >= 4 is 56.5 Å². The standard InChI is InChI=1S/C25H13Cl2F2N3OS/c26-18-8-5-13(9-19(18)27)22-11-17(15-3-1-2-4-21(15)30-22)24(33)32-25-31-23(12-34-25)16-7-6-14(28)10-20(16)29/h1-12H,(H,31,32,33). The quantitative estimate of drug-likeness (QED) is 0.267. The van der Waals surface area contributed by atoms with Gasteiger partial charge in [-0.05, 0) is 36.4 Å². The maximum absolute atomic E-state index is 14.1. The Morgan fingerprint density at radius 1 is 0.882 bits per heavy atom. The van der Waals surface area contributed by atoms with Crippen molar-refractivity contribution in [1.29, 1.82) is 0 Å². The van der Waals surface area contributed by atoms with Gasteiger partial charge < -0.3 is 0 Å². The maximum Gasteiger partial charge on any atom is 0.258 e. The number of fused-ring (bicyclic) bond motifs is 1. The molecule has 5 aromatic rings. The first-order valence-electron chi connectivity index (χ1n) is 9.96. The summed E-state index contributed by atoms with van der Waals surface area (Å²) < 4.78 is 27.3. The van der Waals surface area contributed by atoms with Gasteiger partial charge in [0.1, 0.15) is 11.6 Å². The molecule has 0 bridgehead atoms. The van der Waals surface area contributed by atoms with Crippen molar-refractivity contribution in [3.05, 3.63) is 99.4 Å². The van der Waals surface area contributed by atoms with E-state index >= 15 is 0 Å². The van der Waals surface area contributed by atoms with E-state index in [2.05, 4.69) is 15.3 Å². The Hall–Kier alpha value is -3.39. The molecule has 0 fully saturated rings. The number of hydrogen-bond acceptors (Lipinski definition) is 4. The van der Waals surface area contributed by atoms with Crippen molar-refractivity contribution in [2.24, 2.45) is 0 Å². The second kappa shape index (κ2) is 9.10. The van der Waals surface area contributed by atoms with Gasteiger partial charge in [0.2, 0.25) is 0 Å². The van der Waals surface area contributed by atoms with Crippen LogP contribution in [0.5, 0.6) is 0 Å². The molecular formula is C25H13Cl2F2N3OS. The number of nitrogens with one attached hydrogen (secondary N) is 1. The molecule has 3 aromatic carbocycles. The summed E-state index contributed by atoms with van der Waals surface area (Å²) in [7, 11) is 0. The first kappa shape index (κ1) is 22.4. The van der Waals surface area contributed by atoms with E-state index in [1.54, 1.807) is 35.7 Å². The van der Waals surface area contributed by atoms with E-state index in [0.29, 0.717) is 43.5 Å². The topological polar surface area (TPSA) is 54.9 Å². The van der Waals surface area contributed by atoms with Crippen LogP contribution in [0.25, 0.3) is 33.4 Å². The molecular weight excluding hydrogens is 499 g/mol. The van der Waals surface area contributed by atoms with Crippen LogP contribution < -0.4 is 5.32 Å². The van der Waals surface area contributed by atoms with Gasteiger partial charge in [-0.3, -0.25) is 10.1 Å². The van der Waals surface area contributed by atoms with Crippen LogP contribution in [-0.4, -0.2) is 15.9 Å². The minimum atomic E-state index is -0.727. The van der Waals surface area contributed by atoms with E-state index in [9.17, 15) is 13.6 Å². The van der Waals surface area contributed by atoms with E-state index in [1.165, 1.54) is 6.07 Å². The predicted octanol–water partition coefficient (Wildman–Crippen LogP) is 7.86. The SMILES string of the molecule is O=C(Nc1nc(-c2ccc(F)cc2F)cs1)c1cc(-c2ccc(Cl)c(Cl)c2)nc2ccccc12. The fourth-order valence-corrected chi connectivity index (χ4v) is 4.49. The Balaban J connectivity index is 1.51. The molecule has 0 aliphatic heterocycles. The van der Waals surface area contributed by atoms with Crippen LogP contribution in [0.3, 0.4) is 0 Å². The van der Waals surface area contributed by atoms with Crippen molar-refractivity contribution in [1.82, 2.24) is 9.97 Å². The van der Waals surface area contributed by atoms with Crippen molar-refractivity contribution in [2.75, 3.05) is 5.32 Å². The van der Waals surface area contributed by atoms with Gasteiger partial charge in [0.25, 0.3) is 5.91 Å². The van der Waals surface area contributed by atoms with Crippen molar-refractivity contribution in [2.45, 2.75) is 0 Å². The van der Waals surface area contributed by atoms with E-state index < -0.39 is 17.5 Å². The highest BCUT2D eigenvalue weighted by Gasteiger charge is 2.17. The zero-order valence-electron chi connectivity index (χ0n) is 17.2. The van der Waals surface area contributed by atoms with Crippen LogP contribution in [-0.2, 0) is 0 Å². The number of anilines is 1. The average molecular weight is 512 g/mol. The Kier molecular flexibility index (Phi) is 6.00. The summed E-state index contributed by atoms with van der Waals surface area (Å²) >= 11 is 13.3. The normalized spacial score (nSPS) is 11.1. The van der Waals surface area contributed by atoms with E-state index in [0.717, 1.165) is 23.5 Å². The molecule has 2 heterocycles. The number of nitrogens with zero attached hydrogens (tertiary/aromatic N) is 2. The summed E-state index contributed by atoms with van der Waals surface area (Å²) in [5, 5.41) is 6.09. The van der Waals surface area contributed by atoms with E-state index in [4.69, 9.17) is 23.2 Å². The zero-order chi connectivity index (χ0) is 23.8. The van der Waals surface area contributed by atoms with Gasteiger partial charge in [-0.1, -0.05) is 47.5 Å². The van der Waals surface area contributed by atoms with Crippen molar-refractivity contribution < 1.29 is 13.6 Å². The third kappa shape index (κ3) is 4.37. The fraction of sp³-hybridized carbons (Fsp3) is 0. The van der Waals surface area contributed by atoms with Crippen LogP contribution in [0.4, 0.5) is 13.9 Å². The lowest BCUT2D eigenvalue weighted by Gasteiger charge is -2.10. The number of rotatable bonds is 4. The number of aromatic nitrogens is 2. The van der Waals surface area contributed by atoms with Crippen LogP contribution >= 0.6 is 34.5 Å². The molecule has 34 heavy (non-hydrogen) atoms. The molecule has 0 aliphatic carbocycles. The second-order valence-corrected chi connectivity index (χ2v) is 8.99. The summed E-state index contributed by atoms with van der Waals surface area (Å²) in [6.07, 6.45) is 0. The zero-order valence-corrected chi connectivity index (χ0v) is 19.5. The van der Waals surface area contributed by atoms with Crippen LogP contribution in [0, 0.1) is 11.6 Å². The highest BCUT2D eigenvalue weighted by molar-refractivity contribution is 7.14. The van der Waals surface area contributed by atoms with Gasteiger partial charge >= 0.3 is 0 Å². The number of hydrogen-bond donors (Lipinski definition) is 1. The van der Waals surface area contributed by atoms with Crippen molar-refractivity contribution in [3.8, 4) is 22.5 Å². The first-order chi connectivity index (χ1) is 16.4. The molecule has 0 saturated heterocycles. The molecule has 0 spiro atoms. The highest BCUT2D eigenvalue weighted by atomic mass is 35.5. The summed E-state index contributed by atoms with van der Waals surface area (Å²) in [6.45, 7) is 0. The largest absolute Gasteiger partial charge is 0.298 e. The first-order valence-corrected chi connectivity index (χ1v) is 11.6. The lowest BCUT2D eigenvalue weighted by Crippen LogP contribution is -2.13. The smallest absolute Gasteiger partial charge is 0.258 e. The van der Waals surface area contributed by atoms with Gasteiger partial charge in [-0.25, -0.2) is 18.7 Å². The molecule has 2 aromatic heterocycles. The van der Waals surface area contributed by atoms with Crippen molar-refractivity contribution in [3.63, 3.8) is 0 Å². The molecule has 1 N–H and O–H groups in total. The Bertz CT molecular complexity index is 1570. The number of thiazole rings is 1. The molecule has 0 radical (unpaired) electrons. The number of carbonyl (C=O) groups is 1. The third-order valence-electron chi connectivity index (χ3n) is 5.11. The van der Waals surface area contributed by atoms with Gasteiger partial charge in [-0.15, -0.1) is 11.3 Å². The predicted molar refractivity (Wildman–Crippen MR) is 133 cm³/mol. The second-order valence-electron chi connectivity index (χ2n) is 7.32. The Morgan fingerprint density at radius 3 is 2.50 bits per heavy atom. The molecule has 4 nitrogen and oxygen atoms in total. The molecule has 0 unspecified atom stereocenters. The number of halogens is 4. The number of amides is 1. The number of para-hydroxylation sites is 1. The minimum Gasteiger partial charge on any atom is -0.298 e. The summed E-state index contributed by atoms with van der Waals surface area (Å²) in [6, 6.07) is 17.3. The van der Waals surface area contributed by atoms with Gasteiger partial charge in [-0.2, -0.15) is 0 Å². The Labute approximate surface area is 206 Å². The average Bonchev–Trinajstić information content (AvgIpc) is 3.28. The van der Waals surface area contributed by atoms with Crippen LogP contribution in [0.1, 0.15) is 10.4 Å². The molecule has 1 amide bonds. The van der Waals surface area contributed by atoms with Crippen LogP contribution in [0.2, 0.25) is 10.0 Å². The molecule has 9 heteroatoms. The van der Waals surface area contributed by atoms with Gasteiger partial charge in [0.05, 0.1) is 32.5 Å². The number of benzene rings is 3. The maximum atomic E-state index is 14.1. The third-order valence-corrected chi connectivity index (χ3v) is 6.60. The van der Waals surface area contributed by atoms with Crippen LogP contribution in [0.15, 0.2) is 72.1 Å². The molecule has 0 saturated carbocycles. The Morgan fingerprint density at radius 2 is 1.71 bits per heavy atom. The number of pyridine rings is 1. The molecule has 168 valence electrons. The molecule has 0 aliphatic rings. The minimum absolute atomic E-state index is 0.148. The number of carbonyl (C=O) groups excluding carboxylic acids is 1. The fourth-order valence-electron chi connectivity index (χ4n) is 3.48. The molecule has 5 rings (SSSR count). The summed E-state index contributed by atoms with van der Waals surface area (Å²) in [5.41, 5.74) is 2.72. The van der Waals surface area contributed by atoms with Gasteiger partial charge in [0, 0.05) is 28.0 Å². The monoisotopic (exact) mass is 511 g/mol.